The van der Waals surface area contributed by atoms with Crippen LogP contribution in [0.3, 0.4) is 0 Å². The number of aromatic hydroxyl groups is 1. The molecule has 2 rings (SSSR count). The van der Waals surface area contributed by atoms with E-state index in [0.717, 1.165) is 0 Å². The smallest absolute Gasteiger partial charge is 0.242 e. The molecule has 1 aromatic carbocycles. The highest BCUT2D eigenvalue weighted by atomic mass is 16.3. The predicted molar refractivity (Wildman–Crippen MR) is 68.5 cm³/mol. The Labute approximate surface area is 105 Å². The molecule has 0 aromatic heterocycles. The second-order valence-corrected chi connectivity index (χ2v) is 4.83. The first-order valence-corrected chi connectivity index (χ1v) is 5.84. The van der Waals surface area contributed by atoms with Gasteiger partial charge in [-0.15, -0.1) is 0 Å². The average Bonchev–Trinajstić information content (AvgIpc) is 2.37. The summed E-state index contributed by atoms with van der Waals surface area (Å²) in [5.74, 6) is -0.556. The number of nitrogens with zero attached hydrogens (tertiary/aromatic N) is 1. The van der Waals surface area contributed by atoms with Gasteiger partial charge >= 0.3 is 0 Å². The monoisotopic (exact) mass is 248 g/mol. The Hall–Kier alpha value is -2.04. The van der Waals surface area contributed by atoms with Crippen LogP contribution in [0.2, 0.25) is 0 Å². The number of carbonyl (C=O) groups excluding carboxylic acids is 2. The molecule has 0 fully saturated rings. The van der Waals surface area contributed by atoms with E-state index in [1.807, 2.05) is 6.92 Å². The van der Waals surface area contributed by atoms with Gasteiger partial charge in [-0.1, -0.05) is 0 Å². The summed E-state index contributed by atoms with van der Waals surface area (Å²) in [5.41, 5.74) is -0.0509. The molecular weight excluding hydrogens is 232 g/mol. The molecule has 5 nitrogen and oxygen atoms in total. The summed E-state index contributed by atoms with van der Waals surface area (Å²) in [6, 6.07) is 4.58. The van der Waals surface area contributed by atoms with E-state index < -0.39 is 5.41 Å². The fraction of sp³-hybridized carbons (Fsp3) is 0.385. The maximum atomic E-state index is 12.4. The predicted octanol–water partition coefficient (Wildman–Crippen LogP) is 1.72. The van der Waals surface area contributed by atoms with Gasteiger partial charge in [-0.25, -0.2) is 0 Å². The van der Waals surface area contributed by atoms with Crippen LogP contribution in [0.25, 0.3) is 0 Å². The number of hydrogen-bond donors (Lipinski definition) is 2. The van der Waals surface area contributed by atoms with Crippen molar-refractivity contribution in [2.24, 2.45) is 5.41 Å². The van der Waals surface area contributed by atoms with Crippen LogP contribution in [-0.2, 0) is 9.59 Å². The van der Waals surface area contributed by atoms with Gasteiger partial charge < -0.3 is 15.3 Å². The van der Waals surface area contributed by atoms with Crippen molar-refractivity contribution in [1.29, 1.82) is 0 Å². The summed E-state index contributed by atoms with van der Waals surface area (Å²) in [6.45, 7) is 5.51. The van der Waals surface area contributed by atoms with E-state index >= 15 is 0 Å². The van der Waals surface area contributed by atoms with Crippen LogP contribution in [0.1, 0.15) is 20.8 Å². The number of nitrogens with one attached hydrogen (secondary N) is 1. The number of benzene rings is 1. The molecule has 0 spiro atoms. The molecule has 0 atom stereocenters. The molecule has 0 radical (unpaired) electrons. The first-order valence-electron chi connectivity index (χ1n) is 5.84. The molecule has 1 aromatic rings. The molecule has 18 heavy (non-hydrogen) atoms. The van der Waals surface area contributed by atoms with Crippen LogP contribution in [0.4, 0.5) is 11.4 Å². The molecule has 5 heteroatoms. The first kappa shape index (κ1) is 12.4. The van der Waals surface area contributed by atoms with Crippen LogP contribution >= 0.6 is 0 Å². The SMILES string of the molecule is CCN1C(=O)C(C)(C)C(=O)Nc2cc(O)ccc21. The Morgan fingerprint density at radius 2 is 2.00 bits per heavy atom. The second kappa shape index (κ2) is 4.01. The molecule has 0 saturated heterocycles. The molecule has 1 aliphatic heterocycles. The zero-order valence-electron chi connectivity index (χ0n) is 10.7. The molecule has 96 valence electrons. The Balaban J connectivity index is 2.62. The number of phenols is 1. The topological polar surface area (TPSA) is 69.6 Å². The van der Waals surface area contributed by atoms with Gasteiger partial charge in [0.25, 0.3) is 0 Å². The fourth-order valence-corrected chi connectivity index (χ4v) is 2.00. The van der Waals surface area contributed by atoms with Gasteiger partial charge in [0, 0.05) is 12.6 Å². The lowest BCUT2D eigenvalue weighted by Crippen LogP contribution is -2.45. The Morgan fingerprint density at radius 1 is 1.33 bits per heavy atom. The molecule has 2 N–H and O–H groups in total. The van der Waals surface area contributed by atoms with E-state index in [-0.39, 0.29) is 17.6 Å². The third-order valence-corrected chi connectivity index (χ3v) is 3.18. The van der Waals surface area contributed by atoms with Gasteiger partial charge in [-0.05, 0) is 32.9 Å². The van der Waals surface area contributed by atoms with E-state index in [1.54, 1.807) is 24.8 Å². The van der Waals surface area contributed by atoms with E-state index in [2.05, 4.69) is 5.32 Å². The van der Waals surface area contributed by atoms with Crippen LogP contribution < -0.4 is 10.2 Å². The maximum Gasteiger partial charge on any atom is 0.242 e. The van der Waals surface area contributed by atoms with Gasteiger partial charge in [0.05, 0.1) is 11.4 Å². The molecule has 1 aliphatic rings. The first-order chi connectivity index (χ1) is 8.37. The fourth-order valence-electron chi connectivity index (χ4n) is 2.00. The third-order valence-electron chi connectivity index (χ3n) is 3.18. The summed E-state index contributed by atoms with van der Waals surface area (Å²) in [6.07, 6.45) is 0. The molecule has 1 heterocycles. The van der Waals surface area contributed by atoms with Gasteiger partial charge in [-0.2, -0.15) is 0 Å². The van der Waals surface area contributed by atoms with E-state index in [0.29, 0.717) is 17.9 Å². The van der Waals surface area contributed by atoms with E-state index in [9.17, 15) is 14.7 Å². The van der Waals surface area contributed by atoms with Gasteiger partial charge in [0.1, 0.15) is 11.2 Å². The molecular formula is C13H16N2O3. The summed E-state index contributed by atoms with van der Waals surface area (Å²) in [7, 11) is 0. The van der Waals surface area contributed by atoms with Crippen molar-refractivity contribution in [2.75, 3.05) is 16.8 Å². The summed E-state index contributed by atoms with van der Waals surface area (Å²) in [4.78, 5) is 25.9. The zero-order valence-corrected chi connectivity index (χ0v) is 10.7. The van der Waals surface area contributed by atoms with Crippen molar-refractivity contribution in [3.05, 3.63) is 18.2 Å². The number of fused-ring (bicyclic) bond motifs is 1. The highest BCUT2D eigenvalue weighted by molar-refractivity contribution is 6.19. The van der Waals surface area contributed by atoms with Crippen molar-refractivity contribution in [1.82, 2.24) is 0 Å². The number of amides is 2. The standard InChI is InChI=1S/C13H16N2O3/c1-4-15-10-6-5-8(16)7-9(10)14-11(17)13(2,3)12(15)18/h5-7,16H,4H2,1-3H3,(H,14,17). The quantitative estimate of drug-likeness (QED) is 0.743. The molecule has 0 saturated carbocycles. The normalized spacial score (nSPS) is 18.1. The van der Waals surface area contributed by atoms with E-state index in [1.165, 1.54) is 12.1 Å². The maximum absolute atomic E-state index is 12.4. The highest BCUT2D eigenvalue weighted by Gasteiger charge is 2.42. The second-order valence-electron chi connectivity index (χ2n) is 4.83. The van der Waals surface area contributed by atoms with Gasteiger partial charge in [0.15, 0.2) is 0 Å². The molecule has 0 unspecified atom stereocenters. The minimum absolute atomic E-state index is 0.0530. The number of hydrogen-bond acceptors (Lipinski definition) is 3. The summed E-state index contributed by atoms with van der Waals surface area (Å²) < 4.78 is 0. The van der Waals surface area contributed by atoms with Crippen LogP contribution in [0.5, 0.6) is 5.75 Å². The number of carbonyl (C=O) groups is 2. The summed E-state index contributed by atoms with van der Waals surface area (Å²) >= 11 is 0. The molecule has 0 bridgehead atoms. The molecule has 2 amide bonds. The third kappa shape index (κ3) is 1.72. The van der Waals surface area contributed by atoms with Crippen molar-refractivity contribution in [3.63, 3.8) is 0 Å². The average molecular weight is 248 g/mol. The van der Waals surface area contributed by atoms with Crippen molar-refractivity contribution < 1.29 is 14.7 Å². The van der Waals surface area contributed by atoms with Crippen LogP contribution in [0, 0.1) is 5.41 Å². The number of rotatable bonds is 1. The van der Waals surface area contributed by atoms with E-state index in [4.69, 9.17) is 0 Å². The highest BCUT2D eigenvalue weighted by Crippen LogP contribution is 2.36. The number of anilines is 2. The van der Waals surface area contributed by atoms with Crippen molar-refractivity contribution in [3.8, 4) is 5.75 Å². The lowest BCUT2D eigenvalue weighted by Gasteiger charge is -2.26. The van der Waals surface area contributed by atoms with Gasteiger partial charge in [-0.3, -0.25) is 9.59 Å². The van der Waals surface area contributed by atoms with Crippen LogP contribution in [0.15, 0.2) is 18.2 Å². The minimum atomic E-state index is -1.12. The van der Waals surface area contributed by atoms with Gasteiger partial charge in [0.2, 0.25) is 11.8 Å². The molecule has 0 aliphatic carbocycles. The Bertz CT molecular complexity index is 523. The van der Waals surface area contributed by atoms with Crippen molar-refractivity contribution in [2.45, 2.75) is 20.8 Å². The Kier molecular flexibility index (Phi) is 2.77. The Morgan fingerprint density at radius 3 is 2.61 bits per heavy atom. The van der Waals surface area contributed by atoms with Crippen molar-refractivity contribution >= 4 is 23.2 Å². The number of phenolic OH excluding ortho intramolecular Hbond substituents is 1. The lowest BCUT2D eigenvalue weighted by atomic mass is 9.91. The minimum Gasteiger partial charge on any atom is -0.508 e. The zero-order chi connectivity index (χ0) is 13.5. The van der Waals surface area contributed by atoms with Crippen LogP contribution in [-0.4, -0.2) is 23.5 Å². The lowest BCUT2D eigenvalue weighted by molar-refractivity contribution is -0.136. The largest absolute Gasteiger partial charge is 0.508 e. The summed E-state index contributed by atoms with van der Waals surface area (Å²) in [5, 5.41) is 12.2.